The van der Waals surface area contributed by atoms with Gasteiger partial charge < -0.3 is 0 Å². The van der Waals surface area contributed by atoms with Gasteiger partial charge in [-0.05, 0) is 10.8 Å². The van der Waals surface area contributed by atoms with Crippen LogP contribution in [0, 0.1) is 10.8 Å². The monoisotopic (exact) mass is 195 g/mol. The zero-order valence-corrected chi connectivity index (χ0v) is 9.97. The second-order valence-electron chi connectivity index (χ2n) is 4.57. The highest BCUT2D eigenvalue weighted by Gasteiger charge is 2.26. The Hall–Kier alpha value is 0.370. The highest BCUT2D eigenvalue weighted by Crippen LogP contribution is 2.36. The molecule has 0 spiro atoms. The summed E-state index contributed by atoms with van der Waals surface area (Å²) < 4.78 is 8.71. The van der Waals surface area contributed by atoms with Crippen LogP contribution in [0.15, 0.2) is 0 Å². The summed E-state index contributed by atoms with van der Waals surface area (Å²) in [6.07, 6.45) is 0. The van der Waals surface area contributed by atoms with Crippen LogP contribution in [0.25, 0.3) is 0 Å². The molecule has 3 heteroatoms. The van der Waals surface area contributed by atoms with Crippen molar-refractivity contribution >= 4 is 22.4 Å². The largest absolute Gasteiger partial charge is 0.545 e. The van der Waals surface area contributed by atoms with Gasteiger partial charge in [0.1, 0.15) is 0 Å². The van der Waals surface area contributed by atoms with E-state index in [-0.39, 0.29) is 10.7 Å². The molecule has 0 radical (unpaired) electrons. The lowest BCUT2D eigenvalue weighted by atomic mass is 9.71. The van der Waals surface area contributed by atoms with Crippen LogP contribution >= 0.6 is 11.7 Å². The molecule has 0 amide bonds. The van der Waals surface area contributed by atoms with Gasteiger partial charge in [0, 0.05) is 0 Å². The first kappa shape index (κ1) is 13.9. The van der Waals surface area contributed by atoms with E-state index in [1.807, 2.05) is 0 Å². The van der Waals surface area contributed by atoms with Gasteiger partial charge in [0.15, 0.2) is 0 Å². The first-order valence-corrected chi connectivity index (χ1v) is 5.39. The van der Waals surface area contributed by atoms with Crippen molar-refractivity contribution in [2.24, 2.45) is 10.8 Å². The fourth-order valence-electron chi connectivity index (χ4n) is 0. The highest BCUT2D eigenvalue weighted by molar-refractivity contribution is 8.51. The van der Waals surface area contributed by atoms with Gasteiger partial charge in [0.2, 0.25) is 11.7 Å². The first-order valence-electron chi connectivity index (χ1n) is 3.60. The summed E-state index contributed by atoms with van der Waals surface area (Å²) in [5, 5.41) is 0. The summed E-state index contributed by atoms with van der Waals surface area (Å²) in [4.78, 5) is 0. The second kappa shape index (κ2) is 5.09. The molecule has 0 saturated heterocycles. The van der Waals surface area contributed by atoms with Gasteiger partial charge in [-0.3, -0.25) is 0 Å². The fraction of sp³-hybridized carbons (Fsp3) is 1.00. The van der Waals surface area contributed by atoms with E-state index in [9.17, 15) is 0 Å². The Morgan fingerprint density at radius 2 is 1.00 bits per heavy atom. The van der Waals surface area contributed by atoms with Crippen LogP contribution in [0.4, 0.5) is 0 Å². The van der Waals surface area contributed by atoms with Crippen LogP contribution in [0.2, 0.25) is 0 Å². The molecule has 0 saturated carbocycles. The maximum Gasteiger partial charge on any atom is 0.545 e. The molecule has 68 valence electrons. The van der Waals surface area contributed by atoms with Crippen molar-refractivity contribution in [2.75, 3.05) is 0 Å². The molecule has 0 heterocycles. The smallest absolute Gasteiger partial charge is 0.0597 e. The van der Waals surface area contributed by atoms with Crippen LogP contribution in [0.3, 0.4) is 0 Å². The van der Waals surface area contributed by atoms with Crippen LogP contribution in [-0.2, 0) is 14.9 Å². The third-order valence-electron chi connectivity index (χ3n) is 2.25. The van der Waals surface area contributed by atoms with Crippen LogP contribution in [-0.4, -0.2) is 0 Å². The number of rotatable bonds is 0. The zero-order chi connectivity index (χ0) is 9.71. The quantitative estimate of drug-likeness (QED) is 0.356. The van der Waals surface area contributed by atoms with Crippen molar-refractivity contribution < 1.29 is 4.21 Å². The Labute approximate surface area is 79.3 Å². The lowest BCUT2D eigenvalue weighted by Gasteiger charge is -2.34. The molecule has 0 aromatic rings. The van der Waals surface area contributed by atoms with Gasteiger partial charge in [-0.1, -0.05) is 41.5 Å². The topological polar surface area (TPSA) is 17.1 Å². The normalized spacial score (nSPS) is 11.5. The van der Waals surface area contributed by atoms with Gasteiger partial charge in [-0.15, -0.1) is 0 Å². The molecule has 1 nitrogen and oxygen atoms in total. The zero-order valence-electron chi connectivity index (χ0n) is 8.26. The molecule has 0 rings (SSSR count). The second-order valence-corrected chi connectivity index (χ2v) is 5.17. The third-order valence-corrected chi connectivity index (χ3v) is 2.25. The van der Waals surface area contributed by atoms with Crippen LogP contribution in [0.1, 0.15) is 41.5 Å². The average Bonchev–Trinajstić information content (AvgIpc) is 1.60. The van der Waals surface area contributed by atoms with E-state index >= 15 is 0 Å². The number of hydrogen-bond donors (Lipinski definition) is 1. The predicted molar refractivity (Wildman–Crippen MR) is 55.9 cm³/mol. The predicted octanol–water partition coefficient (Wildman–Crippen LogP) is 3.34. The Balaban J connectivity index is 0. The molecule has 0 N–H and O–H groups in total. The van der Waals surface area contributed by atoms with Gasteiger partial charge in [0.25, 0.3) is 0 Å². The standard InChI is InChI=1S/C8H18.OS2/c1-7(2,3)8(4,5)6;1-3-2/h1-6H3;/p+1. The van der Waals surface area contributed by atoms with Crippen molar-refractivity contribution in [3.05, 3.63) is 0 Å². The summed E-state index contributed by atoms with van der Waals surface area (Å²) >= 11 is 3.15. The molecule has 0 aromatic carbocycles. The van der Waals surface area contributed by atoms with Gasteiger partial charge in [-0.2, -0.15) is 0 Å². The minimum Gasteiger partial charge on any atom is -0.0597 e. The van der Waals surface area contributed by atoms with Crippen molar-refractivity contribution in [3.8, 4) is 0 Å². The van der Waals surface area contributed by atoms with Crippen LogP contribution in [0.5, 0.6) is 0 Å². The van der Waals surface area contributed by atoms with E-state index < -0.39 is 0 Å². The van der Waals surface area contributed by atoms with Crippen molar-refractivity contribution in [1.29, 1.82) is 0 Å². The molecule has 0 bridgehead atoms. The van der Waals surface area contributed by atoms with Gasteiger partial charge in [-0.25, -0.2) is 0 Å². The van der Waals surface area contributed by atoms with Gasteiger partial charge in [0.05, 0.1) is 4.21 Å². The summed E-state index contributed by atoms with van der Waals surface area (Å²) in [5.74, 6) is 0. The van der Waals surface area contributed by atoms with E-state index in [2.05, 4.69) is 53.2 Å². The maximum atomic E-state index is 8.71. The molecule has 0 fully saturated rings. The van der Waals surface area contributed by atoms with Crippen molar-refractivity contribution in [1.82, 2.24) is 0 Å². The van der Waals surface area contributed by atoms with E-state index in [1.54, 1.807) is 0 Å². The summed E-state index contributed by atoms with van der Waals surface area (Å²) in [6, 6.07) is 0. The van der Waals surface area contributed by atoms with Crippen molar-refractivity contribution in [3.63, 3.8) is 0 Å². The maximum absolute atomic E-state index is 8.71. The Morgan fingerprint density at radius 1 is 0.909 bits per heavy atom. The third kappa shape index (κ3) is 8.27. The molecule has 0 aromatic heterocycles. The van der Waals surface area contributed by atoms with Gasteiger partial charge >= 0.3 is 10.7 Å². The average molecular weight is 195 g/mol. The molecular weight excluding hydrogens is 176 g/mol. The summed E-state index contributed by atoms with van der Waals surface area (Å²) in [5.41, 5.74) is 0.875. The number of hydrogen-bond acceptors (Lipinski definition) is 1. The Bertz CT molecular complexity index is 96.2. The van der Waals surface area contributed by atoms with E-state index in [1.165, 1.54) is 0 Å². The molecule has 0 aliphatic rings. The van der Waals surface area contributed by atoms with E-state index in [0.29, 0.717) is 10.8 Å². The molecule has 0 aliphatic heterocycles. The lowest BCUT2D eigenvalue weighted by molar-refractivity contribution is 0.157. The van der Waals surface area contributed by atoms with E-state index in [0.717, 1.165) is 0 Å². The lowest BCUT2D eigenvalue weighted by Crippen LogP contribution is -2.25. The Morgan fingerprint density at radius 3 is 1.00 bits per heavy atom. The molecular formula is C8H19OS2+. The van der Waals surface area contributed by atoms with E-state index in [4.69, 9.17) is 4.21 Å². The number of thiol groups is 1. The molecule has 0 unspecified atom stereocenters. The van der Waals surface area contributed by atoms with Crippen molar-refractivity contribution in [2.45, 2.75) is 41.5 Å². The molecule has 0 atom stereocenters. The SMILES string of the molecule is CC(C)(C)C(C)(C)C.O=[S+]S. The molecule has 11 heavy (non-hydrogen) atoms. The summed E-state index contributed by atoms with van der Waals surface area (Å²) in [6.45, 7) is 13.6. The Kier molecular flexibility index (Phi) is 6.45. The van der Waals surface area contributed by atoms with Crippen LogP contribution < -0.4 is 0 Å². The fourth-order valence-corrected chi connectivity index (χ4v) is 0. The highest BCUT2D eigenvalue weighted by atomic mass is 33.1. The molecule has 0 aliphatic carbocycles. The first-order chi connectivity index (χ1) is 4.66. The minimum atomic E-state index is 0.194. The summed E-state index contributed by atoms with van der Waals surface area (Å²) in [7, 11) is 0.194. The minimum absolute atomic E-state index is 0.194.